The van der Waals surface area contributed by atoms with Crippen molar-refractivity contribution in [2.24, 2.45) is 0 Å². The second kappa shape index (κ2) is 11.7. The summed E-state index contributed by atoms with van der Waals surface area (Å²) in [6.07, 6.45) is 0.0936. The van der Waals surface area contributed by atoms with Crippen LogP contribution in [-0.4, -0.2) is 86.4 Å². The van der Waals surface area contributed by atoms with Crippen LogP contribution in [0.25, 0.3) is 0 Å². The van der Waals surface area contributed by atoms with Crippen molar-refractivity contribution in [1.29, 1.82) is 0 Å². The Kier molecular flexibility index (Phi) is 8.49. The Hall–Kier alpha value is -2.81. The summed E-state index contributed by atoms with van der Waals surface area (Å²) < 4.78 is 23.2. The van der Waals surface area contributed by atoms with Crippen LogP contribution in [-0.2, 0) is 14.3 Å². The molecule has 0 saturated carbocycles. The predicted octanol–water partition coefficient (Wildman–Crippen LogP) is 3.28. The van der Waals surface area contributed by atoms with Crippen molar-refractivity contribution >= 4 is 23.4 Å². The molecule has 1 atom stereocenters. The number of hydrogen-bond donors (Lipinski definition) is 0. The first-order valence-electron chi connectivity index (χ1n) is 11.9. The fraction of sp³-hybridized carbons (Fsp3) is 0.462. The maximum atomic E-state index is 13.4. The summed E-state index contributed by atoms with van der Waals surface area (Å²) in [6.45, 7) is 5.56. The summed E-state index contributed by atoms with van der Waals surface area (Å²) in [5.41, 5.74) is -0.467. The van der Waals surface area contributed by atoms with E-state index in [4.69, 9.17) is 30.5 Å². The largest absolute Gasteiger partial charge is 0.494 e. The zero-order valence-electron chi connectivity index (χ0n) is 19.9. The van der Waals surface area contributed by atoms with E-state index in [1.807, 2.05) is 13.0 Å². The molecule has 2 fully saturated rings. The molecular formula is C26H31ClN2O6. The first-order chi connectivity index (χ1) is 17.0. The highest BCUT2D eigenvalue weighted by molar-refractivity contribution is 6.30. The van der Waals surface area contributed by atoms with E-state index in [9.17, 15) is 9.59 Å². The van der Waals surface area contributed by atoms with Crippen LogP contribution in [0.4, 0.5) is 0 Å². The highest BCUT2D eigenvalue weighted by atomic mass is 35.5. The van der Waals surface area contributed by atoms with E-state index in [2.05, 4.69) is 0 Å². The summed E-state index contributed by atoms with van der Waals surface area (Å²) in [5.74, 6) is 1.04. The van der Waals surface area contributed by atoms with Gasteiger partial charge in [0.05, 0.1) is 39.4 Å². The van der Waals surface area contributed by atoms with E-state index in [0.29, 0.717) is 68.1 Å². The Morgan fingerprint density at radius 1 is 0.971 bits per heavy atom. The fourth-order valence-corrected chi connectivity index (χ4v) is 4.48. The van der Waals surface area contributed by atoms with Gasteiger partial charge < -0.3 is 28.7 Å². The van der Waals surface area contributed by atoms with Gasteiger partial charge in [-0.05, 0) is 43.3 Å². The lowest BCUT2D eigenvalue weighted by atomic mass is 9.96. The van der Waals surface area contributed by atoms with Crippen LogP contribution in [0.5, 0.6) is 11.5 Å². The molecule has 8 nitrogen and oxygen atoms in total. The fourth-order valence-electron chi connectivity index (χ4n) is 4.30. The van der Waals surface area contributed by atoms with Crippen molar-refractivity contribution in [3.05, 3.63) is 59.1 Å². The van der Waals surface area contributed by atoms with E-state index in [1.165, 1.54) is 0 Å². The summed E-state index contributed by atoms with van der Waals surface area (Å²) in [6, 6.07) is 14.2. The molecule has 2 aromatic rings. The number of amides is 2. The molecule has 0 unspecified atom stereocenters. The van der Waals surface area contributed by atoms with E-state index < -0.39 is 5.60 Å². The van der Waals surface area contributed by atoms with Gasteiger partial charge in [-0.3, -0.25) is 9.59 Å². The minimum absolute atomic E-state index is 0.0457. The zero-order valence-corrected chi connectivity index (χ0v) is 20.7. The molecular weight excluding hydrogens is 472 g/mol. The maximum absolute atomic E-state index is 13.4. The smallest absolute Gasteiger partial charge is 0.254 e. The Morgan fingerprint density at radius 2 is 1.69 bits per heavy atom. The lowest BCUT2D eigenvalue weighted by molar-refractivity contribution is -0.155. The van der Waals surface area contributed by atoms with Crippen LogP contribution >= 0.6 is 11.6 Å². The summed E-state index contributed by atoms with van der Waals surface area (Å²) in [4.78, 5) is 30.1. The second-order valence-corrected chi connectivity index (χ2v) is 9.07. The standard InChI is InChI=1S/C26H31ClN2O6/c1-2-33-22-7-3-5-20(15-22)25(31)29-11-14-35-26(18-29,17-24(30)28-9-12-32-13-10-28)19-34-23-8-4-6-21(27)16-23/h3-8,15-16H,2,9-14,17-19H2,1H3/t26-/m1/s1. The molecule has 0 aromatic heterocycles. The summed E-state index contributed by atoms with van der Waals surface area (Å²) >= 11 is 6.11. The highest BCUT2D eigenvalue weighted by Gasteiger charge is 2.42. The minimum Gasteiger partial charge on any atom is -0.494 e. The number of halogens is 1. The number of hydrogen-bond acceptors (Lipinski definition) is 6. The van der Waals surface area contributed by atoms with Crippen LogP contribution in [0.2, 0.25) is 5.02 Å². The molecule has 2 aromatic carbocycles. The van der Waals surface area contributed by atoms with Crippen molar-refractivity contribution in [3.8, 4) is 11.5 Å². The molecule has 0 N–H and O–H groups in total. The normalized spacial score (nSPS) is 20.4. The van der Waals surface area contributed by atoms with Crippen LogP contribution < -0.4 is 9.47 Å². The number of benzene rings is 2. The average molecular weight is 503 g/mol. The monoisotopic (exact) mass is 502 g/mol. The van der Waals surface area contributed by atoms with E-state index >= 15 is 0 Å². The number of morpholine rings is 2. The molecule has 0 bridgehead atoms. The van der Waals surface area contributed by atoms with Gasteiger partial charge in [0.25, 0.3) is 5.91 Å². The molecule has 2 heterocycles. The van der Waals surface area contributed by atoms with Gasteiger partial charge in [0.1, 0.15) is 23.7 Å². The Labute approximate surface area is 210 Å². The van der Waals surface area contributed by atoms with Gasteiger partial charge >= 0.3 is 0 Å². The quantitative estimate of drug-likeness (QED) is 0.551. The van der Waals surface area contributed by atoms with E-state index in [1.54, 1.807) is 52.3 Å². The average Bonchev–Trinajstić information content (AvgIpc) is 2.88. The van der Waals surface area contributed by atoms with Crippen LogP contribution in [0.1, 0.15) is 23.7 Å². The summed E-state index contributed by atoms with van der Waals surface area (Å²) in [7, 11) is 0. The van der Waals surface area contributed by atoms with Gasteiger partial charge in [0.2, 0.25) is 5.91 Å². The number of nitrogens with zero attached hydrogens (tertiary/aromatic N) is 2. The van der Waals surface area contributed by atoms with E-state index in [0.717, 1.165) is 0 Å². The Balaban J connectivity index is 1.53. The van der Waals surface area contributed by atoms with Gasteiger partial charge in [0.15, 0.2) is 0 Å². The van der Waals surface area contributed by atoms with Gasteiger partial charge in [-0.1, -0.05) is 23.7 Å². The molecule has 2 saturated heterocycles. The Bertz CT molecular complexity index is 1030. The highest BCUT2D eigenvalue weighted by Crippen LogP contribution is 2.28. The van der Waals surface area contributed by atoms with Crippen molar-refractivity contribution in [2.75, 3.05) is 59.2 Å². The molecule has 9 heteroatoms. The number of carbonyl (C=O) groups excluding carboxylic acids is 2. The van der Waals surface area contributed by atoms with Crippen LogP contribution in [0.3, 0.4) is 0 Å². The predicted molar refractivity (Wildman–Crippen MR) is 131 cm³/mol. The molecule has 2 aliphatic rings. The molecule has 0 spiro atoms. The lowest BCUT2D eigenvalue weighted by Gasteiger charge is -2.43. The van der Waals surface area contributed by atoms with Gasteiger partial charge in [-0.15, -0.1) is 0 Å². The molecule has 35 heavy (non-hydrogen) atoms. The third kappa shape index (κ3) is 6.66. The zero-order chi connectivity index (χ0) is 24.7. The SMILES string of the molecule is CCOc1cccc(C(=O)N2CCO[C@](COc3cccc(Cl)c3)(CC(=O)N3CCOCC3)C2)c1. The van der Waals surface area contributed by atoms with Crippen molar-refractivity contribution in [3.63, 3.8) is 0 Å². The maximum Gasteiger partial charge on any atom is 0.254 e. The molecule has 188 valence electrons. The first kappa shape index (κ1) is 25.3. The number of ether oxygens (including phenoxy) is 4. The van der Waals surface area contributed by atoms with Gasteiger partial charge in [-0.25, -0.2) is 0 Å². The van der Waals surface area contributed by atoms with Crippen molar-refractivity contribution < 1.29 is 28.5 Å². The molecule has 2 aliphatic heterocycles. The van der Waals surface area contributed by atoms with Gasteiger partial charge in [-0.2, -0.15) is 0 Å². The topological polar surface area (TPSA) is 77.5 Å². The minimum atomic E-state index is -0.997. The van der Waals surface area contributed by atoms with Crippen LogP contribution in [0, 0.1) is 0 Å². The number of rotatable bonds is 8. The van der Waals surface area contributed by atoms with E-state index in [-0.39, 0.29) is 31.4 Å². The molecule has 0 aliphatic carbocycles. The second-order valence-electron chi connectivity index (χ2n) is 8.64. The first-order valence-corrected chi connectivity index (χ1v) is 12.3. The Morgan fingerprint density at radius 3 is 2.43 bits per heavy atom. The molecule has 4 rings (SSSR count). The molecule has 2 amide bonds. The van der Waals surface area contributed by atoms with Crippen molar-refractivity contribution in [1.82, 2.24) is 9.80 Å². The van der Waals surface area contributed by atoms with Gasteiger partial charge in [0, 0.05) is 30.2 Å². The lowest BCUT2D eigenvalue weighted by Crippen LogP contribution is -2.58. The van der Waals surface area contributed by atoms with Crippen molar-refractivity contribution in [2.45, 2.75) is 18.9 Å². The third-order valence-electron chi connectivity index (χ3n) is 6.06. The summed E-state index contributed by atoms with van der Waals surface area (Å²) in [5, 5.41) is 0.552. The van der Waals surface area contributed by atoms with Crippen LogP contribution in [0.15, 0.2) is 48.5 Å². The molecule has 0 radical (unpaired) electrons. The number of carbonyl (C=O) groups is 2. The third-order valence-corrected chi connectivity index (χ3v) is 6.30.